The molecule has 2 atom stereocenters. The van der Waals surface area contributed by atoms with Gasteiger partial charge in [0.2, 0.25) is 5.91 Å². The van der Waals surface area contributed by atoms with E-state index in [0.717, 1.165) is 5.56 Å². The number of benzene rings is 2. The van der Waals surface area contributed by atoms with Crippen molar-refractivity contribution in [3.8, 4) is 0 Å². The summed E-state index contributed by atoms with van der Waals surface area (Å²) in [6.07, 6.45) is 0. The summed E-state index contributed by atoms with van der Waals surface area (Å²) in [6.45, 7) is 4.55. The summed E-state index contributed by atoms with van der Waals surface area (Å²) in [5.41, 5.74) is 7.83. The lowest BCUT2D eigenvalue weighted by atomic mass is 9.92. The molecule has 5 heteroatoms. The molecule has 1 amide bonds. The van der Waals surface area contributed by atoms with Gasteiger partial charge in [-0.2, -0.15) is 0 Å². The predicted molar refractivity (Wildman–Crippen MR) is 101 cm³/mol. The molecular formula is C21H26N2O3. The van der Waals surface area contributed by atoms with E-state index in [-0.39, 0.29) is 12.5 Å². The minimum Gasteiger partial charge on any atom is -0.460 e. The fourth-order valence-electron chi connectivity index (χ4n) is 2.52. The summed E-state index contributed by atoms with van der Waals surface area (Å²) < 4.78 is 5.38. The van der Waals surface area contributed by atoms with E-state index in [9.17, 15) is 9.59 Å². The molecule has 0 saturated carbocycles. The lowest BCUT2D eigenvalue weighted by Gasteiger charge is -2.23. The summed E-state index contributed by atoms with van der Waals surface area (Å²) in [4.78, 5) is 25.3. The van der Waals surface area contributed by atoms with Gasteiger partial charge in [-0.3, -0.25) is 9.59 Å². The fraction of sp³-hybridized carbons (Fsp3) is 0.333. The predicted octanol–water partition coefficient (Wildman–Crippen LogP) is 2.82. The van der Waals surface area contributed by atoms with Crippen LogP contribution in [0.3, 0.4) is 0 Å². The quantitative estimate of drug-likeness (QED) is 0.564. The van der Waals surface area contributed by atoms with E-state index in [1.807, 2.05) is 62.4 Å². The first-order valence-corrected chi connectivity index (χ1v) is 8.78. The Morgan fingerprint density at radius 2 is 1.58 bits per heavy atom. The molecule has 0 heterocycles. The maximum atomic E-state index is 12.7. The second-order valence-electron chi connectivity index (χ2n) is 6.65. The number of hydrogen-bond acceptors (Lipinski definition) is 4. The van der Waals surface area contributed by atoms with Crippen LogP contribution in [0.4, 0.5) is 0 Å². The number of ether oxygens (including phenoxy) is 1. The van der Waals surface area contributed by atoms with Crippen molar-refractivity contribution in [2.75, 3.05) is 6.54 Å². The number of carbonyl (C=O) groups is 2. The highest BCUT2D eigenvalue weighted by Gasteiger charge is 2.35. The lowest BCUT2D eigenvalue weighted by molar-refractivity contribution is -0.154. The van der Waals surface area contributed by atoms with Crippen molar-refractivity contribution < 1.29 is 14.3 Å². The number of nitrogens with one attached hydrogen (secondary N) is 1. The minimum atomic E-state index is -1.10. The Balaban J connectivity index is 2.13. The number of esters is 1. The average Bonchev–Trinajstić information content (AvgIpc) is 2.66. The molecule has 0 bridgehead atoms. The van der Waals surface area contributed by atoms with Crippen molar-refractivity contribution >= 4 is 11.9 Å². The topological polar surface area (TPSA) is 81.4 Å². The molecule has 2 aromatic carbocycles. The summed E-state index contributed by atoms with van der Waals surface area (Å²) in [7, 11) is 0. The number of rotatable bonds is 8. The minimum absolute atomic E-state index is 0.106. The summed E-state index contributed by atoms with van der Waals surface area (Å²) in [6, 6.07) is 17.7. The zero-order valence-electron chi connectivity index (χ0n) is 15.2. The molecule has 0 spiro atoms. The number of amides is 1. The van der Waals surface area contributed by atoms with Gasteiger partial charge in [0.05, 0.1) is 6.04 Å². The molecule has 0 saturated heterocycles. The molecule has 2 unspecified atom stereocenters. The molecule has 0 aliphatic rings. The van der Waals surface area contributed by atoms with Crippen molar-refractivity contribution in [3.63, 3.8) is 0 Å². The Bertz CT molecular complexity index is 702. The van der Waals surface area contributed by atoms with Crippen LogP contribution in [0.15, 0.2) is 60.7 Å². The Hall–Kier alpha value is -2.66. The molecular weight excluding hydrogens is 328 g/mol. The molecule has 0 aliphatic carbocycles. The van der Waals surface area contributed by atoms with E-state index in [0.29, 0.717) is 12.1 Å². The second-order valence-corrected chi connectivity index (χ2v) is 6.65. The van der Waals surface area contributed by atoms with Crippen LogP contribution in [0.25, 0.3) is 0 Å². The highest BCUT2D eigenvalue weighted by molar-refractivity contribution is 5.98. The molecule has 3 N–H and O–H groups in total. The third-order valence-electron chi connectivity index (χ3n) is 3.99. The highest BCUT2D eigenvalue weighted by Crippen LogP contribution is 2.22. The maximum absolute atomic E-state index is 12.7. The van der Waals surface area contributed by atoms with Gasteiger partial charge in [-0.25, -0.2) is 0 Å². The third-order valence-corrected chi connectivity index (χ3v) is 3.99. The van der Waals surface area contributed by atoms with Crippen LogP contribution in [0.1, 0.15) is 31.0 Å². The first kappa shape index (κ1) is 19.7. The Kier molecular flexibility index (Phi) is 7.36. The Morgan fingerprint density at radius 3 is 2.15 bits per heavy atom. The lowest BCUT2D eigenvalue weighted by Crippen LogP contribution is -2.43. The van der Waals surface area contributed by atoms with Gasteiger partial charge in [0.1, 0.15) is 6.61 Å². The van der Waals surface area contributed by atoms with Gasteiger partial charge in [-0.1, -0.05) is 74.5 Å². The van der Waals surface area contributed by atoms with Crippen LogP contribution in [-0.4, -0.2) is 18.4 Å². The molecule has 0 aliphatic heterocycles. The SMILES string of the molecule is CC(C)CNC(=O)C(C(=O)OCc1ccccc1)C(N)c1ccccc1. The summed E-state index contributed by atoms with van der Waals surface area (Å²) >= 11 is 0. The number of nitrogens with two attached hydrogens (primary N) is 1. The summed E-state index contributed by atoms with van der Waals surface area (Å²) in [5.74, 6) is -1.85. The normalized spacial score (nSPS) is 13.1. The molecule has 2 rings (SSSR count). The van der Waals surface area contributed by atoms with Crippen molar-refractivity contribution in [2.45, 2.75) is 26.5 Å². The van der Waals surface area contributed by atoms with Gasteiger partial charge < -0.3 is 15.8 Å². The van der Waals surface area contributed by atoms with Gasteiger partial charge in [0, 0.05) is 6.54 Å². The van der Waals surface area contributed by atoms with E-state index in [1.54, 1.807) is 12.1 Å². The van der Waals surface area contributed by atoms with E-state index < -0.39 is 23.8 Å². The third kappa shape index (κ3) is 5.70. The average molecular weight is 354 g/mol. The van der Waals surface area contributed by atoms with Crippen molar-refractivity contribution in [3.05, 3.63) is 71.8 Å². The molecule has 0 radical (unpaired) electrons. The van der Waals surface area contributed by atoms with E-state index in [4.69, 9.17) is 10.5 Å². The van der Waals surface area contributed by atoms with Crippen LogP contribution in [0.2, 0.25) is 0 Å². The molecule has 2 aromatic rings. The van der Waals surface area contributed by atoms with Crippen LogP contribution < -0.4 is 11.1 Å². The van der Waals surface area contributed by atoms with Crippen LogP contribution in [0.5, 0.6) is 0 Å². The molecule has 5 nitrogen and oxygen atoms in total. The standard InChI is InChI=1S/C21H26N2O3/c1-15(2)13-23-20(24)18(19(22)17-11-7-4-8-12-17)21(25)26-14-16-9-5-3-6-10-16/h3-12,15,18-19H,13-14,22H2,1-2H3,(H,23,24). The van der Waals surface area contributed by atoms with E-state index in [2.05, 4.69) is 5.32 Å². The Labute approximate surface area is 154 Å². The summed E-state index contributed by atoms with van der Waals surface area (Å²) in [5, 5.41) is 2.79. The van der Waals surface area contributed by atoms with Gasteiger partial charge in [-0.15, -0.1) is 0 Å². The van der Waals surface area contributed by atoms with Crippen LogP contribution in [-0.2, 0) is 20.9 Å². The molecule has 0 fully saturated rings. The fourth-order valence-corrected chi connectivity index (χ4v) is 2.52. The first-order valence-electron chi connectivity index (χ1n) is 8.78. The largest absolute Gasteiger partial charge is 0.460 e. The monoisotopic (exact) mass is 354 g/mol. The van der Waals surface area contributed by atoms with Gasteiger partial charge >= 0.3 is 5.97 Å². The van der Waals surface area contributed by atoms with Crippen molar-refractivity contribution in [2.24, 2.45) is 17.6 Å². The first-order chi connectivity index (χ1) is 12.5. The van der Waals surface area contributed by atoms with E-state index in [1.165, 1.54) is 0 Å². The number of hydrogen-bond donors (Lipinski definition) is 2. The van der Waals surface area contributed by atoms with Crippen molar-refractivity contribution in [1.29, 1.82) is 0 Å². The van der Waals surface area contributed by atoms with Gasteiger partial charge in [0.15, 0.2) is 5.92 Å². The second kappa shape index (κ2) is 9.73. The molecule has 138 valence electrons. The van der Waals surface area contributed by atoms with Crippen LogP contribution >= 0.6 is 0 Å². The number of carbonyl (C=O) groups excluding carboxylic acids is 2. The Morgan fingerprint density at radius 1 is 1.00 bits per heavy atom. The van der Waals surface area contributed by atoms with Gasteiger partial charge in [-0.05, 0) is 17.0 Å². The highest BCUT2D eigenvalue weighted by atomic mass is 16.5. The van der Waals surface area contributed by atoms with E-state index >= 15 is 0 Å². The zero-order valence-corrected chi connectivity index (χ0v) is 15.2. The van der Waals surface area contributed by atoms with Crippen molar-refractivity contribution in [1.82, 2.24) is 5.32 Å². The molecule has 26 heavy (non-hydrogen) atoms. The van der Waals surface area contributed by atoms with Crippen LogP contribution in [0, 0.1) is 11.8 Å². The van der Waals surface area contributed by atoms with Gasteiger partial charge in [0.25, 0.3) is 0 Å². The maximum Gasteiger partial charge on any atom is 0.320 e. The zero-order chi connectivity index (χ0) is 18.9. The smallest absolute Gasteiger partial charge is 0.320 e. The molecule has 0 aromatic heterocycles.